The molecule has 1 aliphatic rings. The summed E-state index contributed by atoms with van der Waals surface area (Å²) >= 11 is 6.64. The molecule has 0 radical (unpaired) electrons. The molecule has 0 saturated carbocycles. The van der Waals surface area contributed by atoms with E-state index >= 15 is 0 Å². The van der Waals surface area contributed by atoms with Crippen LogP contribution in [0.15, 0.2) is 23.1 Å². The van der Waals surface area contributed by atoms with Crippen molar-refractivity contribution in [2.75, 3.05) is 13.1 Å². The van der Waals surface area contributed by atoms with Crippen LogP contribution in [0.25, 0.3) is 0 Å². The summed E-state index contributed by atoms with van der Waals surface area (Å²) in [6.07, 6.45) is -3.05. The summed E-state index contributed by atoms with van der Waals surface area (Å²) in [5.41, 5.74) is 4.51. The average molecular weight is 339 g/mol. The van der Waals surface area contributed by atoms with Crippen LogP contribution in [0, 0.1) is 5.92 Å². The van der Waals surface area contributed by atoms with E-state index in [1.165, 1.54) is 12.1 Å². The maximum absolute atomic E-state index is 13.0. The first-order valence-corrected chi connectivity index (χ1v) is 7.51. The highest BCUT2D eigenvalue weighted by Crippen LogP contribution is 2.40. The van der Waals surface area contributed by atoms with Crippen LogP contribution < -0.4 is 5.73 Å². The Balaban J connectivity index is 2.18. The van der Waals surface area contributed by atoms with Crippen molar-refractivity contribution >= 4 is 29.5 Å². The standard InChI is InChI=1S/C13H14ClF3N2OS/c14-9-3-4-11(10(6-9)13(15,16)17)21-19-5-1-2-8(7-19)12(18)20/h3-4,6,8H,1-2,5,7H2,(H2,18,20). The Hall–Kier alpha value is -0.920. The molecule has 116 valence electrons. The fourth-order valence-corrected chi connectivity index (χ4v) is 3.53. The van der Waals surface area contributed by atoms with E-state index in [0.29, 0.717) is 19.5 Å². The maximum atomic E-state index is 13.0. The van der Waals surface area contributed by atoms with Gasteiger partial charge in [0.2, 0.25) is 5.91 Å². The van der Waals surface area contributed by atoms with Crippen molar-refractivity contribution in [2.45, 2.75) is 23.9 Å². The second kappa shape index (κ2) is 6.46. The topological polar surface area (TPSA) is 46.3 Å². The van der Waals surface area contributed by atoms with E-state index in [4.69, 9.17) is 17.3 Å². The van der Waals surface area contributed by atoms with Crippen LogP contribution >= 0.6 is 23.5 Å². The zero-order valence-electron chi connectivity index (χ0n) is 11.0. The number of halogens is 4. The molecule has 2 rings (SSSR count). The molecule has 1 aromatic rings. The molecule has 1 aromatic carbocycles. The summed E-state index contributed by atoms with van der Waals surface area (Å²) in [6, 6.07) is 3.69. The second-order valence-corrected chi connectivity index (χ2v) is 6.43. The molecule has 21 heavy (non-hydrogen) atoms. The van der Waals surface area contributed by atoms with E-state index in [0.717, 1.165) is 24.4 Å². The van der Waals surface area contributed by atoms with Crippen molar-refractivity contribution in [2.24, 2.45) is 11.7 Å². The molecule has 0 aromatic heterocycles. The minimum absolute atomic E-state index is 0.0420. The third-order valence-electron chi connectivity index (χ3n) is 3.26. The number of primary amides is 1. The number of nitrogens with zero attached hydrogens (tertiary/aromatic N) is 1. The number of nitrogens with two attached hydrogens (primary N) is 1. The molecule has 1 amide bonds. The molecule has 2 N–H and O–H groups in total. The molecule has 0 spiro atoms. The van der Waals surface area contributed by atoms with Crippen LogP contribution in [-0.2, 0) is 11.0 Å². The van der Waals surface area contributed by atoms with Gasteiger partial charge in [-0.15, -0.1) is 0 Å². The van der Waals surface area contributed by atoms with E-state index < -0.39 is 17.6 Å². The molecule has 0 bridgehead atoms. The lowest BCUT2D eigenvalue weighted by atomic mass is 9.99. The van der Waals surface area contributed by atoms with Crippen molar-refractivity contribution in [3.63, 3.8) is 0 Å². The van der Waals surface area contributed by atoms with E-state index in [9.17, 15) is 18.0 Å². The zero-order valence-corrected chi connectivity index (χ0v) is 12.6. The summed E-state index contributed by atoms with van der Waals surface area (Å²) in [7, 11) is 0. The molecule has 8 heteroatoms. The van der Waals surface area contributed by atoms with E-state index in [1.54, 1.807) is 4.31 Å². The molecular weight excluding hydrogens is 325 g/mol. The van der Waals surface area contributed by atoms with Gasteiger partial charge in [0.25, 0.3) is 0 Å². The van der Waals surface area contributed by atoms with Gasteiger partial charge in [-0.1, -0.05) is 11.6 Å². The predicted molar refractivity (Wildman–Crippen MR) is 75.8 cm³/mol. The lowest BCUT2D eigenvalue weighted by Crippen LogP contribution is -2.37. The van der Waals surface area contributed by atoms with Crippen LogP contribution in [0.2, 0.25) is 5.02 Å². The molecular formula is C13H14ClF3N2OS. The first kappa shape index (κ1) is 16.5. The van der Waals surface area contributed by atoms with Gasteiger partial charge in [0.1, 0.15) is 0 Å². The van der Waals surface area contributed by atoms with Gasteiger partial charge in [-0.2, -0.15) is 13.2 Å². The monoisotopic (exact) mass is 338 g/mol. The third-order valence-corrected chi connectivity index (χ3v) is 4.64. The summed E-state index contributed by atoms with van der Waals surface area (Å²) in [5.74, 6) is -0.722. The van der Waals surface area contributed by atoms with Gasteiger partial charge in [0.15, 0.2) is 0 Å². The zero-order chi connectivity index (χ0) is 15.6. The van der Waals surface area contributed by atoms with Crippen molar-refractivity contribution in [1.82, 2.24) is 4.31 Å². The molecule has 1 heterocycles. The maximum Gasteiger partial charge on any atom is 0.417 e. The van der Waals surface area contributed by atoms with Crippen molar-refractivity contribution in [3.05, 3.63) is 28.8 Å². The summed E-state index contributed by atoms with van der Waals surface area (Å²) in [5, 5.41) is 0.0420. The number of amides is 1. The number of carbonyl (C=O) groups is 1. The first-order chi connectivity index (χ1) is 9.77. The lowest BCUT2D eigenvalue weighted by Gasteiger charge is -2.30. The van der Waals surface area contributed by atoms with Crippen LogP contribution in [0.1, 0.15) is 18.4 Å². The quantitative estimate of drug-likeness (QED) is 0.857. The summed E-state index contributed by atoms with van der Waals surface area (Å²) in [4.78, 5) is 11.3. The molecule has 1 fully saturated rings. The number of carbonyl (C=O) groups excluding carboxylic acids is 1. The van der Waals surface area contributed by atoms with Crippen LogP contribution in [0.5, 0.6) is 0 Å². The normalized spacial score (nSPS) is 20.5. The minimum atomic E-state index is -4.47. The number of hydrogen-bond acceptors (Lipinski definition) is 3. The van der Waals surface area contributed by atoms with Crippen molar-refractivity contribution < 1.29 is 18.0 Å². The highest BCUT2D eigenvalue weighted by molar-refractivity contribution is 7.97. The Morgan fingerprint density at radius 1 is 1.43 bits per heavy atom. The highest BCUT2D eigenvalue weighted by atomic mass is 35.5. The number of benzene rings is 1. The largest absolute Gasteiger partial charge is 0.417 e. The van der Waals surface area contributed by atoms with Gasteiger partial charge in [0, 0.05) is 23.0 Å². The fourth-order valence-electron chi connectivity index (χ4n) is 2.20. The summed E-state index contributed by atoms with van der Waals surface area (Å²) in [6.45, 7) is 0.980. The van der Waals surface area contributed by atoms with Gasteiger partial charge in [-0.05, 0) is 43.0 Å². The Morgan fingerprint density at radius 2 is 2.14 bits per heavy atom. The number of rotatable bonds is 3. The summed E-state index contributed by atoms with van der Waals surface area (Å²) < 4.78 is 40.8. The van der Waals surface area contributed by atoms with Crippen molar-refractivity contribution in [3.8, 4) is 0 Å². The van der Waals surface area contributed by atoms with Crippen LogP contribution in [0.3, 0.4) is 0 Å². The van der Waals surface area contributed by atoms with Crippen LogP contribution in [0.4, 0.5) is 13.2 Å². The first-order valence-electron chi connectivity index (χ1n) is 6.36. The lowest BCUT2D eigenvalue weighted by molar-refractivity contribution is -0.139. The fraction of sp³-hybridized carbons (Fsp3) is 0.462. The highest BCUT2D eigenvalue weighted by Gasteiger charge is 2.35. The number of alkyl halides is 3. The molecule has 3 nitrogen and oxygen atoms in total. The van der Waals surface area contributed by atoms with Gasteiger partial charge in [-0.3, -0.25) is 4.79 Å². The van der Waals surface area contributed by atoms with Crippen LogP contribution in [-0.4, -0.2) is 23.3 Å². The third kappa shape index (κ3) is 4.28. The van der Waals surface area contributed by atoms with Crippen molar-refractivity contribution in [1.29, 1.82) is 0 Å². The Bertz CT molecular complexity index is 539. The predicted octanol–water partition coefficient (Wildman–Crippen LogP) is 3.56. The Labute approximate surface area is 129 Å². The molecule has 0 aliphatic carbocycles. The van der Waals surface area contributed by atoms with Gasteiger partial charge >= 0.3 is 6.18 Å². The number of hydrogen-bond donors (Lipinski definition) is 1. The van der Waals surface area contributed by atoms with E-state index in [-0.39, 0.29) is 15.8 Å². The molecule has 1 atom stereocenters. The molecule has 1 unspecified atom stereocenters. The smallest absolute Gasteiger partial charge is 0.369 e. The molecule has 1 aliphatic heterocycles. The minimum Gasteiger partial charge on any atom is -0.369 e. The van der Waals surface area contributed by atoms with E-state index in [2.05, 4.69) is 0 Å². The van der Waals surface area contributed by atoms with Gasteiger partial charge in [0.05, 0.1) is 11.5 Å². The number of piperidine rings is 1. The van der Waals surface area contributed by atoms with Gasteiger partial charge in [-0.25, -0.2) is 4.31 Å². The average Bonchev–Trinajstić information content (AvgIpc) is 2.40. The van der Waals surface area contributed by atoms with Gasteiger partial charge < -0.3 is 5.73 Å². The Morgan fingerprint density at radius 3 is 2.76 bits per heavy atom. The van der Waals surface area contributed by atoms with E-state index in [1.807, 2.05) is 0 Å². The Kier molecular flexibility index (Phi) is 5.06. The molecule has 1 saturated heterocycles. The second-order valence-electron chi connectivity index (χ2n) is 4.86. The SMILES string of the molecule is NC(=O)C1CCCN(Sc2ccc(Cl)cc2C(F)(F)F)C1.